The molecule has 0 aliphatic heterocycles. The Kier molecular flexibility index (Phi) is 18.8. The standard InChI is InChI=1S/C6H12.2C4H6O2.CH2O3/c1-2-4-6-5-3-1;2*1-3(2)4(5)6;2-1(3)4/h1-6H2;2*1H2,2H3,(H,5,6);(H2,2,3,4). The summed E-state index contributed by atoms with van der Waals surface area (Å²) in [6.07, 6.45) is 7.17. The zero-order valence-corrected chi connectivity index (χ0v) is 13.2. The fraction of sp³-hybridized carbons (Fsp3) is 0.533. The van der Waals surface area contributed by atoms with E-state index in [9.17, 15) is 9.59 Å². The minimum atomic E-state index is -1.83. The van der Waals surface area contributed by atoms with Gasteiger partial charge in [0.1, 0.15) is 0 Å². The number of rotatable bonds is 2. The van der Waals surface area contributed by atoms with Crippen molar-refractivity contribution < 1.29 is 34.8 Å². The molecule has 0 saturated heterocycles. The number of carbonyl (C=O) groups is 3. The van der Waals surface area contributed by atoms with Crippen LogP contribution in [0.25, 0.3) is 0 Å². The lowest BCUT2D eigenvalue weighted by Gasteiger charge is -2.05. The quantitative estimate of drug-likeness (QED) is 0.568. The van der Waals surface area contributed by atoms with E-state index in [1.807, 2.05) is 0 Å². The largest absolute Gasteiger partial charge is 0.503 e. The van der Waals surface area contributed by atoms with Crippen LogP contribution in [0.3, 0.4) is 0 Å². The van der Waals surface area contributed by atoms with E-state index in [0.29, 0.717) is 0 Å². The number of hydrogen-bond acceptors (Lipinski definition) is 3. The molecule has 0 amide bonds. The van der Waals surface area contributed by atoms with Crippen molar-refractivity contribution in [3.63, 3.8) is 0 Å². The SMILES string of the molecule is C1CCCCC1.C=C(C)C(=O)O.C=C(C)C(=O)O.O=C(O)O. The van der Waals surface area contributed by atoms with Gasteiger partial charge in [-0.3, -0.25) is 0 Å². The highest BCUT2D eigenvalue weighted by molar-refractivity contribution is 5.85. The first-order chi connectivity index (χ1) is 10.0. The van der Waals surface area contributed by atoms with Crippen LogP contribution in [0.2, 0.25) is 0 Å². The molecule has 1 aliphatic rings. The van der Waals surface area contributed by atoms with E-state index in [-0.39, 0.29) is 11.1 Å². The molecule has 0 bridgehead atoms. The summed E-state index contributed by atoms with van der Waals surface area (Å²) in [6, 6.07) is 0. The number of hydrogen-bond donors (Lipinski definition) is 4. The average molecular weight is 318 g/mol. The van der Waals surface area contributed by atoms with Gasteiger partial charge in [0.2, 0.25) is 0 Å². The monoisotopic (exact) mass is 318 g/mol. The molecule has 0 aromatic carbocycles. The zero-order valence-electron chi connectivity index (χ0n) is 13.2. The highest BCUT2D eigenvalue weighted by atomic mass is 16.6. The molecule has 1 saturated carbocycles. The van der Waals surface area contributed by atoms with Gasteiger partial charge in [0.05, 0.1) is 0 Å². The van der Waals surface area contributed by atoms with Gasteiger partial charge < -0.3 is 20.4 Å². The topological polar surface area (TPSA) is 132 Å². The van der Waals surface area contributed by atoms with Gasteiger partial charge in [-0.25, -0.2) is 14.4 Å². The predicted octanol–water partition coefficient (Wildman–Crippen LogP) is 3.86. The highest BCUT2D eigenvalue weighted by Crippen LogP contribution is 2.15. The van der Waals surface area contributed by atoms with Crippen molar-refractivity contribution in [1.29, 1.82) is 0 Å². The van der Waals surface area contributed by atoms with Gasteiger partial charge in [0.15, 0.2) is 0 Å². The second kappa shape index (κ2) is 16.7. The van der Waals surface area contributed by atoms with E-state index in [4.69, 9.17) is 25.2 Å². The van der Waals surface area contributed by atoms with E-state index >= 15 is 0 Å². The second-order valence-corrected chi connectivity index (χ2v) is 4.57. The molecule has 0 atom stereocenters. The third-order valence-corrected chi connectivity index (χ3v) is 2.23. The Morgan fingerprint density at radius 1 is 0.636 bits per heavy atom. The van der Waals surface area contributed by atoms with Crippen molar-refractivity contribution in [2.24, 2.45) is 0 Å². The van der Waals surface area contributed by atoms with E-state index in [0.717, 1.165) is 0 Å². The Labute approximate surface area is 130 Å². The Bertz CT molecular complexity index is 305. The zero-order chi connectivity index (χ0) is 18.1. The van der Waals surface area contributed by atoms with Crippen LogP contribution in [-0.2, 0) is 9.59 Å². The molecule has 128 valence electrons. The minimum Gasteiger partial charge on any atom is -0.478 e. The predicted molar refractivity (Wildman–Crippen MR) is 83.3 cm³/mol. The molecule has 7 nitrogen and oxygen atoms in total. The molecule has 0 aromatic heterocycles. The maximum absolute atomic E-state index is 9.60. The van der Waals surface area contributed by atoms with E-state index in [1.54, 1.807) is 0 Å². The Morgan fingerprint density at radius 3 is 0.773 bits per heavy atom. The van der Waals surface area contributed by atoms with Crippen LogP contribution in [0, 0.1) is 0 Å². The lowest BCUT2D eigenvalue weighted by Crippen LogP contribution is -1.92. The summed E-state index contributed by atoms with van der Waals surface area (Å²) in [5.74, 6) is -1.87. The number of aliphatic carboxylic acids is 2. The molecule has 0 unspecified atom stereocenters. The minimum absolute atomic E-state index is 0.176. The summed E-state index contributed by atoms with van der Waals surface area (Å²) >= 11 is 0. The molecule has 1 rings (SSSR count). The van der Waals surface area contributed by atoms with Gasteiger partial charge in [0.25, 0.3) is 0 Å². The third kappa shape index (κ3) is 36.1. The Balaban J connectivity index is -0.000000222. The van der Waals surface area contributed by atoms with Gasteiger partial charge in [-0.05, 0) is 13.8 Å². The van der Waals surface area contributed by atoms with Crippen molar-refractivity contribution in [3.8, 4) is 0 Å². The first kappa shape index (κ1) is 24.7. The summed E-state index contributed by atoms with van der Waals surface area (Å²) in [7, 11) is 0. The van der Waals surface area contributed by atoms with Crippen molar-refractivity contribution in [2.75, 3.05) is 0 Å². The van der Waals surface area contributed by atoms with Crippen LogP contribution >= 0.6 is 0 Å². The van der Waals surface area contributed by atoms with E-state index in [1.165, 1.54) is 52.4 Å². The van der Waals surface area contributed by atoms with Gasteiger partial charge >= 0.3 is 18.1 Å². The highest BCUT2D eigenvalue weighted by Gasteiger charge is 1.95. The van der Waals surface area contributed by atoms with E-state index < -0.39 is 18.1 Å². The number of carboxylic acid groups (broad SMARTS) is 4. The van der Waals surface area contributed by atoms with Crippen LogP contribution in [0.5, 0.6) is 0 Å². The van der Waals surface area contributed by atoms with Gasteiger partial charge in [-0.1, -0.05) is 51.7 Å². The second-order valence-electron chi connectivity index (χ2n) is 4.57. The van der Waals surface area contributed by atoms with Crippen molar-refractivity contribution in [1.82, 2.24) is 0 Å². The molecular formula is C15H26O7. The molecule has 1 fully saturated rings. The molecule has 0 radical (unpaired) electrons. The van der Waals surface area contributed by atoms with Gasteiger partial charge in [-0.15, -0.1) is 0 Å². The Hall–Kier alpha value is -2.31. The third-order valence-electron chi connectivity index (χ3n) is 2.23. The van der Waals surface area contributed by atoms with Crippen LogP contribution in [0.15, 0.2) is 24.3 Å². The number of carboxylic acids is 2. The maximum Gasteiger partial charge on any atom is 0.503 e. The van der Waals surface area contributed by atoms with Crippen LogP contribution in [-0.4, -0.2) is 38.5 Å². The first-order valence-electron chi connectivity index (χ1n) is 6.71. The molecule has 22 heavy (non-hydrogen) atoms. The molecule has 0 spiro atoms. The fourth-order valence-electron chi connectivity index (χ4n) is 1.06. The normalized spacial score (nSPS) is 11.7. The van der Waals surface area contributed by atoms with Gasteiger partial charge in [-0.2, -0.15) is 0 Å². The summed E-state index contributed by atoms with van der Waals surface area (Å²) in [6.45, 7) is 9.20. The van der Waals surface area contributed by atoms with Crippen LogP contribution in [0.4, 0.5) is 4.79 Å². The van der Waals surface area contributed by atoms with Crippen molar-refractivity contribution >= 4 is 18.1 Å². The summed E-state index contributed by atoms with van der Waals surface area (Å²) in [5.41, 5.74) is 0.352. The molecule has 1 aliphatic carbocycles. The molecular weight excluding hydrogens is 292 g/mol. The first-order valence-corrected chi connectivity index (χ1v) is 6.71. The van der Waals surface area contributed by atoms with Crippen molar-refractivity contribution in [3.05, 3.63) is 24.3 Å². The Morgan fingerprint density at radius 2 is 0.727 bits per heavy atom. The van der Waals surface area contributed by atoms with E-state index in [2.05, 4.69) is 13.2 Å². The molecule has 0 heterocycles. The van der Waals surface area contributed by atoms with Crippen LogP contribution in [0.1, 0.15) is 52.4 Å². The molecule has 0 aromatic rings. The molecule has 7 heteroatoms. The van der Waals surface area contributed by atoms with Crippen molar-refractivity contribution in [2.45, 2.75) is 52.4 Å². The van der Waals surface area contributed by atoms with Crippen LogP contribution < -0.4 is 0 Å². The summed E-state index contributed by atoms with van der Waals surface area (Å²) < 4.78 is 0. The summed E-state index contributed by atoms with van der Waals surface area (Å²) in [4.78, 5) is 27.8. The lowest BCUT2D eigenvalue weighted by molar-refractivity contribution is -0.133. The molecule has 4 N–H and O–H groups in total. The maximum atomic E-state index is 9.60. The van der Waals surface area contributed by atoms with Gasteiger partial charge in [0, 0.05) is 11.1 Å². The lowest BCUT2D eigenvalue weighted by atomic mass is 10.0. The fourth-order valence-corrected chi connectivity index (χ4v) is 1.06. The average Bonchev–Trinajstić information content (AvgIpc) is 2.41. The smallest absolute Gasteiger partial charge is 0.478 e. The summed E-state index contributed by atoms with van der Waals surface area (Å²) in [5, 5.41) is 29.7.